The number of hydrogen-bond acceptors (Lipinski definition) is 6. The van der Waals surface area contributed by atoms with E-state index in [4.69, 9.17) is 18.1 Å². The van der Waals surface area contributed by atoms with Gasteiger partial charge in [-0.2, -0.15) is 8.42 Å². The molecule has 0 saturated carbocycles. The highest BCUT2D eigenvalue weighted by Crippen LogP contribution is 2.34. The van der Waals surface area contributed by atoms with Crippen molar-refractivity contribution in [1.82, 2.24) is 0 Å². The third kappa shape index (κ3) is 8.18. The van der Waals surface area contributed by atoms with E-state index in [0.29, 0.717) is 18.1 Å². The van der Waals surface area contributed by atoms with Crippen molar-refractivity contribution in [2.24, 2.45) is 0 Å². The number of rotatable bonds is 11. The summed E-state index contributed by atoms with van der Waals surface area (Å²) in [4.78, 5) is 0. The number of hydrogen-bond donors (Lipinski definition) is 0. The first kappa shape index (κ1) is 23.4. The largest absolute Gasteiger partial charge is 0.490 e. The Kier molecular flexibility index (Phi) is 8.27. The molecule has 0 saturated heterocycles. The Hall–Kier alpha value is -1.87. The van der Waals surface area contributed by atoms with Crippen LogP contribution in [0.2, 0.25) is 19.6 Å². The quantitative estimate of drug-likeness (QED) is 0.382. The molecule has 0 bridgehead atoms. The Morgan fingerprint density at radius 1 is 0.931 bits per heavy atom. The maximum absolute atomic E-state index is 12.0. The molecule has 2 aromatic carbocycles. The molecule has 0 aromatic heterocycles. The van der Waals surface area contributed by atoms with E-state index in [1.807, 2.05) is 75.1 Å². The fraction of sp³-hybridized carbons (Fsp3) is 0.429. The summed E-state index contributed by atoms with van der Waals surface area (Å²) in [6, 6.07) is 16.7. The summed E-state index contributed by atoms with van der Waals surface area (Å²) in [5, 5.41) is 0. The first-order valence-corrected chi connectivity index (χ1v) is 14.8. The molecule has 0 heterocycles. The zero-order chi connectivity index (χ0) is 21.5. The van der Waals surface area contributed by atoms with Crippen molar-refractivity contribution in [2.45, 2.75) is 38.8 Å². The lowest BCUT2D eigenvalue weighted by Gasteiger charge is -2.30. The molecular formula is C21H30O6SSi. The minimum atomic E-state index is -3.73. The van der Waals surface area contributed by atoms with Crippen LogP contribution in [-0.4, -0.2) is 42.3 Å². The van der Waals surface area contributed by atoms with Crippen molar-refractivity contribution in [1.29, 1.82) is 0 Å². The van der Waals surface area contributed by atoms with Gasteiger partial charge in [0.2, 0.25) is 0 Å². The van der Waals surface area contributed by atoms with Crippen LogP contribution in [0.15, 0.2) is 54.6 Å². The fourth-order valence-electron chi connectivity index (χ4n) is 2.68. The smallest absolute Gasteiger partial charge is 0.264 e. The summed E-state index contributed by atoms with van der Waals surface area (Å²) >= 11 is 0. The minimum Gasteiger partial charge on any atom is -0.490 e. The van der Waals surface area contributed by atoms with Crippen LogP contribution in [-0.2, 0) is 18.7 Å². The third-order valence-corrected chi connectivity index (χ3v) is 5.48. The summed E-state index contributed by atoms with van der Waals surface area (Å²) < 4.78 is 47.3. The lowest BCUT2D eigenvalue weighted by molar-refractivity contribution is 0.0227. The maximum Gasteiger partial charge on any atom is 0.264 e. The molecule has 2 atom stereocenters. The highest BCUT2D eigenvalue weighted by molar-refractivity contribution is 7.86. The van der Waals surface area contributed by atoms with Crippen LogP contribution in [0.4, 0.5) is 0 Å². The minimum absolute atomic E-state index is 0.0964. The van der Waals surface area contributed by atoms with Gasteiger partial charge in [-0.15, -0.1) is 0 Å². The molecule has 6 nitrogen and oxygen atoms in total. The normalized spacial score (nSPS) is 14.2. The van der Waals surface area contributed by atoms with Gasteiger partial charge in [-0.25, -0.2) is 0 Å². The van der Waals surface area contributed by atoms with E-state index in [-0.39, 0.29) is 6.61 Å². The van der Waals surface area contributed by atoms with Gasteiger partial charge in [-0.1, -0.05) is 42.5 Å². The molecule has 160 valence electrons. The van der Waals surface area contributed by atoms with Gasteiger partial charge < -0.3 is 13.9 Å². The molecule has 2 rings (SSSR count). The molecular weight excluding hydrogens is 408 g/mol. The van der Waals surface area contributed by atoms with Crippen molar-refractivity contribution < 1.29 is 26.5 Å². The predicted molar refractivity (Wildman–Crippen MR) is 116 cm³/mol. The lowest BCUT2D eigenvalue weighted by Crippen LogP contribution is -2.37. The van der Waals surface area contributed by atoms with Crippen LogP contribution < -0.4 is 9.47 Å². The van der Waals surface area contributed by atoms with Gasteiger partial charge in [0.25, 0.3) is 10.1 Å². The molecule has 8 heteroatoms. The highest BCUT2D eigenvalue weighted by atomic mass is 32.2. The van der Waals surface area contributed by atoms with Crippen molar-refractivity contribution in [3.05, 3.63) is 60.2 Å². The molecule has 2 aromatic rings. The van der Waals surface area contributed by atoms with Crippen LogP contribution in [0.25, 0.3) is 0 Å². The summed E-state index contributed by atoms with van der Waals surface area (Å²) in [5.74, 6) is 1.10. The molecule has 0 amide bonds. The molecule has 0 aliphatic heterocycles. The van der Waals surface area contributed by atoms with Crippen LogP contribution in [0.1, 0.15) is 18.6 Å². The third-order valence-electron chi connectivity index (χ3n) is 3.85. The number of ether oxygens (including phenoxy) is 2. The van der Waals surface area contributed by atoms with E-state index < -0.39 is 30.6 Å². The second kappa shape index (κ2) is 10.2. The topological polar surface area (TPSA) is 71.1 Å². The van der Waals surface area contributed by atoms with Crippen LogP contribution in [0, 0.1) is 0 Å². The molecule has 29 heavy (non-hydrogen) atoms. The number of para-hydroxylation sites is 2. The van der Waals surface area contributed by atoms with Gasteiger partial charge in [0.1, 0.15) is 6.10 Å². The zero-order valence-corrected chi connectivity index (χ0v) is 19.4. The van der Waals surface area contributed by atoms with Crippen molar-refractivity contribution >= 4 is 18.4 Å². The first-order valence-electron chi connectivity index (χ1n) is 9.54. The molecule has 0 aliphatic rings. The Morgan fingerprint density at radius 3 is 2.07 bits per heavy atom. The fourth-order valence-corrected chi connectivity index (χ4v) is 3.95. The summed E-state index contributed by atoms with van der Waals surface area (Å²) in [6.45, 7) is 8.58. The van der Waals surface area contributed by atoms with Gasteiger partial charge in [0.05, 0.1) is 19.5 Å². The number of benzene rings is 2. The van der Waals surface area contributed by atoms with E-state index >= 15 is 0 Å². The van der Waals surface area contributed by atoms with Crippen LogP contribution in [0.5, 0.6) is 11.5 Å². The van der Waals surface area contributed by atoms with Crippen LogP contribution >= 0.6 is 0 Å². The molecule has 0 spiro atoms. The molecule has 0 aliphatic carbocycles. The first-order chi connectivity index (χ1) is 13.6. The summed E-state index contributed by atoms with van der Waals surface area (Å²) in [6.07, 6.45) is -0.525. The second-order valence-corrected chi connectivity index (χ2v) is 13.7. The van der Waals surface area contributed by atoms with E-state index in [2.05, 4.69) is 0 Å². The lowest BCUT2D eigenvalue weighted by atomic mass is 10.0. The van der Waals surface area contributed by atoms with E-state index in [1.165, 1.54) is 0 Å². The monoisotopic (exact) mass is 438 g/mol. The van der Waals surface area contributed by atoms with Crippen molar-refractivity contribution in [2.75, 3.05) is 19.5 Å². The maximum atomic E-state index is 12.0. The molecule has 0 radical (unpaired) electrons. The average Bonchev–Trinajstić information content (AvgIpc) is 2.64. The van der Waals surface area contributed by atoms with E-state index in [0.717, 1.165) is 11.8 Å². The van der Waals surface area contributed by atoms with E-state index in [1.54, 1.807) is 6.07 Å². The van der Waals surface area contributed by atoms with Crippen molar-refractivity contribution in [3.63, 3.8) is 0 Å². The van der Waals surface area contributed by atoms with Gasteiger partial charge in [0, 0.05) is 0 Å². The van der Waals surface area contributed by atoms with Gasteiger partial charge in [-0.3, -0.25) is 4.18 Å². The van der Waals surface area contributed by atoms with Gasteiger partial charge in [-0.05, 0) is 44.3 Å². The standard InChI is InChI=1S/C21H30O6SSi/c1-6-24-18-14-10-11-15-19(18)26-21(17-12-8-7-9-13-17)20(27-28(2,22)23)16-25-29(3,4)5/h7-15,20-21H,6,16H2,1-5H3. The van der Waals surface area contributed by atoms with Crippen LogP contribution in [0.3, 0.4) is 0 Å². The Morgan fingerprint density at radius 2 is 1.52 bits per heavy atom. The van der Waals surface area contributed by atoms with Gasteiger partial charge >= 0.3 is 0 Å². The Balaban J connectivity index is 2.43. The molecule has 2 unspecified atom stereocenters. The predicted octanol–water partition coefficient (Wildman–Crippen LogP) is 4.40. The summed E-state index contributed by atoms with van der Waals surface area (Å²) in [5.41, 5.74) is 0.784. The highest BCUT2D eigenvalue weighted by Gasteiger charge is 2.32. The van der Waals surface area contributed by atoms with E-state index in [9.17, 15) is 8.42 Å². The second-order valence-electron chi connectivity index (χ2n) is 7.59. The SMILES string of the molecule is CCOc1ccccc1OC(c1ccccc1)C(CO[Si](C)(C)C)OS(C)(=O)=O. The average molecular weight is 439 g/mol. The Bertz CT molecular complexity index is 864. The van der Waals surface area contributed by atoms with Gasteiger partial charge in [0.15, 0.2) is 25.9 Å². The summed E-state index contributed by atoms with van der Waals surface area (Å²) in [7, 11) is -5.65. The van der Waals surface area contributed by atoms with Crippen molar-refractivity contribution in [3.8, 4) is 11.5 Å². The molecule has 0 N–H and O–H groups in total. The zero-order valence-electron chi connectivity index (χ0n) is 17.6. The Labute approximate surface area is 175 Å². The molecule has 0 fully saturated rings.